The van der Waals surface area contributed by atoms with E-state index < -0.39 is 0 Å². The summed E-state index contributed by atoms with van der Waals surface area (Å²) >= 11 is 0. The first-order valence-electron chi connectivity index (χ1n) is 7.42. The van der Waals surface area contributed by atoms with Gasteiger partial charge in [-0.05, 0) is 31.1 Å². The van der Waals surface area contributed by atoms with Crippen LogP contribution in [-0.2, 0) is 9.59 Å². The molecule has 0 aromatic carbocycles. The van der Waals surface area contributed by atoms with Gasteiger partial charge in [-0.2, -0.15) is 0 Å². The lowest BCUT2D eigenvalue weighted by molar-refractivity contribution is -0.135. The summed E-state index contributed by atoms with van der Waals surface area (Å²) in [6, 6.07) is 0. The van der Waals surface area contributed by atoms with E-state index in [2.05, 4.69) is 22.8 Å². The zero-order valence-corrected chi connectivity index (χ0v) is 11.8. The van der Waals surface area contributed by atoms with E-state index in [1.807, 2.05) is 13.8 Å². The van der Waals surface area contributed by atoms with Crippen molar-refractivity contribution in [1.82, 2.24) is 10.6 Å². The molecule has 0 saturated heterocycles. The normalized spacial score (nSPS) is 31.5. The molecule has 4 atom stereocenters. The fourth-order valence-electron chi connectivity index (χ4n) is 3.27. The van der Waals surface area contributed by atoms with Crippen LogP contribution in [0.5, 0.6) is 0 Å². The summed E-state index contributed by atoms with van der Waals surface area (Å²) in [5, 5.41) is 5.89. The maximum Gasteiger partial charge on any atom is 0.224 e. The Morgan fingerprint density at radius 3 is 1.74 bits per heavy atom. The lowest BCUT2D eigenvalue weighted by Gasteiger charge is -2.26. The Hall–Kier alpha value is -1.32. The van der Waals surface area contributed by atoms with Crippen molar-refractivity contribution in [3.63, 3.8) is 0 Å². The van der Waals surface area contributed by atoms with Crippen LogP contribution in [0.2, 0.25) is 0 Å². The maximum absolute atomic E-state index is 12.3. The Bertz CT molecular complexity index is 344. The van der Waals surface area contributed by atoms with Crippen molar-refractivity contribution in [1.29, 1.82) is 0 Å². The maximum atomic E-state index is 12.3. The van der Waals surface area contributed by atoms with Crippen LogP contribution in [0.25, 0.3) is 0 Å². The van der Waals surface area contributed by atoms with Crippen molar-refractivity contribution in [2.75, 3.05) is 13.1 Å². The standard InChI is InChI=1S/C15H24N2O2/c1-3-7-16-14(18)12-10-5-6-11(9-10)13(12)15(19)17-8-4-2/h5-6,10-13H,3-4,7-9H2,1-2H3,(H,16,18)(H,17,19). The minimum Gasteiger partial charge on any atom is -0.356 e. The third-order valence-corrected chi connectivity index (χ3v) is 4.16. The van der Waals surface area contributed by atoms with E-state index >= 15 is 0 Å². The van der Waals surface area contributed by atoms with Crippen LogP contribution in [0.3, 0.4) is 0 Å². The molecule has 2 bridgehead atoms. The monoisotopic (exact) mass is 264 g/mol. The first kappa shape index (κ1) is 14.1. The first-order valence-corrected chi connectivity index (χ1v) is 7.42. The quantitative estimate of drug-likeness (QED) is 0.714. The van der Waals surface area contributed by atoms with Gasteiger partial charge in [-0.15, -0.1) is 0 Å². The fraction of sp³-hybridized carbons (Fsp3) is 0.733. The van der Waals surface area contributed by atoms with Crippen molar-refractivity contribution >= 4 is 11.8 Å². The molecule has 4 unspecified atom stereocenters. The molecule has 2 N–H and O–H groups in total. The molecule has 1 saturated carbocycles. The van der Waals surface area contributed by atoms with E-state index in [9.17, 15) is 9.59 Å². The first-order chi connectivity index (χ1) is 9.19. The molecule has 4 nitrogen and oxygen atoms in total. The van der Waals surface area contributed by atoms with Gasteiger partial charge in [0.2, 0.25) is 11.8 Å². The van der Waals surface area contributed by atoms with Gasteiger partial charge >= 0.3 is 0 Å². The summed E-state index contributed by atoms with van der Waals surface area (Å²) in [6.45, 7) is 5.46. The lowest BCUT2D eigenvalue weighted by Crippen LogP contribution is -2.44. The van der Waals surface area contributed by atoms with E-state index in [0.29, 0.717) is 13.1 Å². The molecule has 106 valence electrons. The highest BCUT2D eigenvalue weighted by atomic mass is 16.2. The second-order valence-corrected chi connectivity index (χ2v) is 5.58. The van der Waals surface area contributed by atoms with Crippen molar-refractivity contribution in [3.05, 3.63) is 12.2 Å². The molecule has 2 aliphatic carbocycles. The lowest BCUT2D eigenvalue weighted by atomic mass is 9.81. The molecule has 1 fully saturated rings. The average Bonchev–Trinajstić information content (AvgIpc) is 3.02. The van der Waals surface area contributed by atoms with E-state index in [1.54, 1.807) is 0 Å². The molecule has 4 heteroatoms. The second kappa shape index (κ2) is 6.22. The van der Waals surface area contributed by atoms with Crippen LogP contribution >= 0.6 is 0 Å². The molecule has 0 radical (unpaired) electrons. The number of nitrogens with one attached hydrogen (secondary N) is 2. The van der Waals surface area contributed by atoms with Gasteiger partial charge in [0, 0.05) is 13.1 Å². The number of rotatable bonds is 6. The van der Waals surface area contributed by atoms with Crippen molar-refractivity contribution in [2.45, 2.75) is 33.1 Å². The molecule has 19 heavy (non-hydrogen) atoms. The minimum absolute atomic E-state index is 0.0512. The third-order valence-electron chi connectivity index (χ3n) is 4.16. The van der Waals surface area contributed by atoms with Gasteiger partial charge in [0.15, 0.2) is 0 Å². The third kappa shape index (κ3) is 2.82. The Morgan fingerprint density at radius 2 is 1.37 bits per heavy atom. The van der Waals surface area contributed by atoms with Gasteiger partial charge < -0.3 is 10.6 Å². The molecule has 0 heterocycles. The molecular formula is C15H24N2O2. The SMILES string of the molecule is CCCNC(=O)C1C2C=CC(C2)C1C(=O)NCCC. The molecule has 2 aliphatic rings. The molecule has 0 aromatic rings. The van der Waals surface area contributed by atoms with Crippen molar-refractivity contribution in [2.24, 2.45) is 23.7 Å². The Morgan fingerprint density at radius 1 is 0.947 bits per heavy atom. The van der Waals surface area contributed by atoms with Crippen molar-refractivity contribution in [3.8, 4) is 0 Å². The van der Waals surface area contributed by atoms with Crippen LogP contribution in [0.4, 0.5) is 0 Å². The van der Waals surface area contributed by atoms with Gasteiger partial charge in [-0.3, -0.25) is 9.59 Å². The zero-order chi connectivity index (χ0) is 13.8. The number of allylic oxidation sites excluding steroid dienone is 2. The van der Waals surface area contributed by atoms with Gasteiger partial charge in [0.1, 0.15) is 0 Å². The largest absolute Gasteiger partial charge is 0.356 e. The molecule has 0 aliphatic heterocycles. The number of hydrogen-bond donors (Lipinski definition) is 2. The van der Waals surface area contributed by atoms with Crippen LogP contribution in [0.15, 0.2) is 12.2 Å². The highest BCUT2D eigenvalue weighted by molar-refractivity contribution is 5.89. The van der Waals surface area contributed by atoms with Crippen molar-refractivity contribution < 1.29 is 9.59 Å². The summed E-state index contributed by atoms with van der Waals surface area (Å²) in [7, 11) is 0. The predicted molar refractivity (Wildman–Crippen MR) is 74.3 cm³/mol. The highest BCUT2D eigenvalue weighted by Crippen LogP contribution is 2.48. The predicted octanol–water partition coefficient (Wildman–Crippen LogP) is 1.48. The minimum atomic E-state index is -0.168. The average molecular weight is 264 g/mol. The topological polar surface area (TPSA) is 58.2 Å². The fourth-order valence-corrected chi connectivity index (χ4v) is 3.27. The summed E-state index contributed by atoms with van der Waals surface area (Å²) in [6.07, 6.45) is 7.04. The molecule has 0 aromatic heterocycles. The van der Waals surface area contributed by atoms with Gasteiger partial charge in [-0.25, -0.2) is 0 Å². The smallest absolute Gasteiger partial charge is 0.224 e. The van der Waals surface area contributed by atoms with Crippen LogP contribution in [-0.4, -0.2) is 24.9 Å². The van der Waals surface area contributed by atoms with E-state index in [-0.39, 0.29) is 35.5 Å². The van der Waals surface area contributed by atoms with E-state index in [1.165, 1.54) is 0 Å². The molecular weight excluding hydrogens is 240 g/mol. The number of fused-ring (bicyclic) bond motifs is 2. The number of hydrogen-bond acceptors (Lipinski definition) is 2. The summed E-state index contributed by atoms with van der Waals surface area (Å²) in [5.74, 6) is 0.265. The van der Waals surface area contributed by atoms with E-state index in [0.717, 1.165) is 19.3 Å². The van der Waals surface area contributed by atoms with Gasteiger partial charge in [0.25, 0.3) is 0 Å². The number of amides is 2. The number of carbonyl (C=O) groups is 2. The van der Waals surface area contributed by atoms with Crippen LogP contribution in [0, 0.1) is 23.7 Å². The zero-order valence-electron chi connectivity index (χ0n) is 11.8. The van der Waals surface area contributed by atoms with Crippen LogP contribution < -0.4 is 10.6 Å². The second-order valence-electron chi connectivity index (χ2n) is 5.58. The summed E-state index contributed by atoms with van der Waals surface area (Å²) in [5.41, 5.74) is 0. The molecule has 2 amide bonds. The Balaban J connectivity index is 2.04. The number of carbonyl (C=O) groups excluding carboxylic acids is 2. The molecule has 2 rings (SSSR count). The highest BCUT2D eigenvalue weighted by Gasteiger charge is 2.51. The van der Waals surface area contributed by atoms with Crippen LogP contribution in [0.1, 0.15) is 33.1 Å². The van der Waals surface area contributed by atoms with Gasteiger partial charge in [-0.1, -0.05) is 26.0 Å². The Labute approximate surface area is 115 Å². The van der Waals surface area contributed by atoms with Gasteiger partial charge in [0.05, 0.1) is 11.8 Å². The summed E-state index contributed by atoms with van der Waals surface area (Å²) < 4.78 is 0. The summed E-state index contributed by atoms with van der Waals surface area (Å²) in [4.78, 5) is 24.5. The molecule has 0 spiro atoms. The Kier molecular flexibility index (Phi) is 4.61. The van der Waals surface area contributed by atoms with E-state index in [4.69, 9.17) is 0 Å².